The van der Waals surface area contributed by atoms with Gasteiger partial charge in [0.1, 0.15) is 18.1 Å². The number of rotatable bonds is 4. The summed E-state index contributed by atoms with van der Waals surface area (Å²) in [5, 5.41) is 11.1. The Balaban J connectivity index is 1.64. The Morgan fingerprint density at radius 3 is 2.88 bits per heavy atom. The van der Waals surface area contributed by atoms with Crippen molar-refractivity contribution in [3.05, 3.63) is 64.0 Å². The molecule has 1 fully saturated rings. The predicted molar refractivity (Wildman–Crippen MR) is 101 cm³/mol. The maximum Gasteiger partial charge on any atom is 0.262 e. The number of fused-ring (bicyclic) bond motifs is 1. The number of benzene rings is 2. The van der Waals surface area contributed by atoms with Crippen LogP contribution >= 0.6 is 11.6 Å². The fourth-order valence-corrected chi connectivity index (χ4v) is 3.30. The second-order valence-electron chi connectivity index (χ2n) is 6.32. The third kappa shape index (κ3) is 3.28. The van der Waals surface area contributed by atoms with E-state index in [1.54, 1.807) is 30.5 Å². The van der Waals surface area contributed by atoms with Gasteiger partial charge in [-0.2, -0.15) is 0 Å². The lowest BCUT2D eigenvalue weighted by Gasteiger charge is -2.12. The first kappa shape index (κ1) is 16.9. The van der Waals surface area contributed by atoms with E-state index in [2.05, 4.69) is 0 Å². The van der Waals surface area contributed by atoms with Gasteiger partial charge in [-0.15, -0.1) is 0 Å². The molecule has 2 heterocycles. The minimum absolute atomic E-state index is 0.0164. The number of phenols is 1. The molecule has 3 aromatic rings. The van der Waals surface area contributed by atoms with Gasteiger partial charge in [-0.1, -0.05) is 11.6 Å². The number of pyridine rings is 1. The van der Waals surface area contributed by atoms with E-state index in [1.807, 2.05) is 12.1 Å². The van der Waals surface area contributed by atoms with Crippen molar-refractivity contribution >= 4 is 22.4 Å². The molecule has 1 aromatic heterocycles. The van der Waals surface area contributed by atoms with Crippen LogP contribution in [0.25, 0.3) is 16.5 Å². The van der Waals surface area contributed by atoms with Crippen LogP contribution in [0.3, 0.4) is 0 Å². The molecule has 0 aliphatic carbocycles. The molecular formula is C20H18ClNO4. The molecule has 1 N–H and O–H groups in total. The van der Waals surface area contributed by atoms with Gasteiger partial charge < -0.3 is 14.6 Å². The number of nitrogens with zero attached hydrogens (tertiary/aromatic N) is 1. The summed E-state index contributed by atoms with van der Waals surface area (Å²) in [6.45, 7) is 1.32. The quantitative estimate of drug-likeness (QED) is 0.755. The summed E-state index contributed by atoms with van der Waals surface area (Å²) in [6.07, 6.45) is 3.94. The zero-order valence-electron chi connectivity index (χ0n) is 14.0. The fraction of sp³-hybridized carbons (Fsp3) is 0.250. The van der Waals surface area contributed by atoms with Crippen molar-refractivity contribution in [2.24, 2.45) is 0 Å². The van der Waals surface area contributed by atoms with E-state index in [0.29, 0.717) is 17.7 Å². The normalized spacial score (nSPS) is 16.9. The smallest absolute Gasteiger partial charge is 0.262 e. The monoisotopic (exact) mass is 371 g/mol. The molecule has 0 amide bonds. The number of aromatic nitrogens is 1. The largest absolute Gasteiger partial charge is 0.506 e. The maximum absolute atomic E-state index is 12.8. The minimum Gasteiger partial charge on any atom is -0.506 e. The molecule has 4 rings (SSSR count). The Morgan fingerprint density at radius 1 is 1.23 bits per heavy atom. The van der Waals surface area contributed by atoms with Gasteiger partial charge in [-0.3, -0.25) is 9.36 Å². The second kappa shape index (κ2) is 7.02. The van der Waals surface area contributed by atoms with Gasteiger partial charge in [0.15, 0.2) is 0 Å². The Kier molecular flexibility index (Phi) is 4.57. The molecule has 2 aromatic carbocycles. The molecule has 0 spiro atoms. The fourth-order valence-electron chi connectivity index (χ4n) is 3.13. The number of phenolic OH excluding ortho intramolecular Hbond substituents is 1. The molecule has 0 radical (unpaired) electrons. The third-order valence-corrected chi connectivity index (χ3v) is 4.85. The van der Waals surface area contributed by atoms with E-state index in [1.165, 1.54) is 10.6 Å². The van der Waals surface area contributed by atoms with E-state index in [4.69, 9.17) is 21.1 Å². The van der Waals surface area contributed by atoms with E-state index in [-0.39, 0.29) is 22.4 Å². The average molecular weight is 372 g/mol. The molecule has 0 bridgehead atoms. The van der Waals surface area contributed by atoms with Crippen molar-refractivity contribution in [2.75, 3.05) is 13.2 Å². The number of ether oxygens (including phenoxy) is 2. The van der Waals surface area contributed by atoms with Crippen LogP contribution in [-0.2, 0) is 4.74 Å². The Hall–Kier alpha value is -2.50. The number of hydrogen-bond donors (Lipinski definition) is 1. The predicted octanol–water partition coefficient (Wildman–Crippen LogP) is 3.91. The third-order valence-electron chi connectivity index (χ3n) is 4.54. The Bertz CT molecular complexity index is 1010. The molecule has 5 nitrogen and oxygen atoms in total. The van der Waals surface area contributed by atoms with Crippen molar-refractivity contribution in [3.8, 4) is 17.2 Å². The van der Waals surface area contributed by atoms with Gasteiger partial charge >= 0.3 is 0 Å². The standard InChI is InChI=1S/C20H18ClNO4/c21-18-11-14(3-6-19(18)23)22-8-7-13-10-15(4-5-17(13)20(22)24)26-12-16-2-1-9-25-16/h3-8,10-11,16,23H,1-2,9,12H2. The van der Waals surface area contributed by atoms with Crippen LogP contribution in [0.4, 0.5) is 0 Å². The lowest BCUT2D eigenvalue weighted by Crippen LogP contribution is -2.18. The molecule has 134 valence electrons. The average Bonchev–Trinajstić information content (AvgIpc) is 3.16. The van der Waals surface area contributed by atoms with Crippen molar-refractivity contribution in [3.63, 3.8) is 0 Å². The number of aromatic hydroxyl groups is 1. The van der Waals surface area contributed by atoms with Gasteiger partial charge in [-0.05, 0) is 60.7 Å². The highest BCUT2D eigenvalue weighted by Crippen LogP contribution is 2.26. The van der Waals surface area contributed by atoms with E-state index in [0.717, 1.165) is 30.6 Å². The molecule has 0 saturated carbocycles. The van der Waals surface area contributed by atoms with Crippen molar-refractivity contribution in [1.29, 1.82) is 0 Å². The first-order valence-electron chi connectivity index (χ1n) is 8.50. The molecule has 1 aliphatic heterocycles. The Labute approximate surface area is 155 Å². The van der Waals surface area contributed by atoms with Crippen LogP contribution in [0.15, 0.2) is 53.5 Å². The van der Waals surface area contributed by atoms with E-state index in [9.17, 15) is 9.90 Å². The summed E-state index contributed by atoms with van der Waals surface area (Å²) >= 11 is 5.95. The van der Waals surface area contributed by atoms with E-state index < -0.39 is 0 Å². The lowest BCUT2D eigenvalue weighted by molar-refractivity contribution is 0.0680. The Morgan fingerprint density at radius 2 is 2.12 bits per heavy atom. The molecular weight excluding hydrogens is 354 g/mol. The lowest BCUT2D eigenvalue weighted by atomic mass is 10.1. The van der Waals surface area contributed by atoms with Crippen LogP contribution in [0, 0.1) is 0 Å². The van der Waals surface area contributed by atoms with Gasteiger partial charge in [0, 0.05) is 18.2 Å². The summed E-state index contributed by atoms with van der Waals surface area (Å²) in [7, 11) is 0. The topological polar surface area (TPSA) is 60.7 Å². The first-order chi connectivity index (χ1) is 12.6. The maximum atomic E-state index is 12.8. The summed E-state index contributed by atoms with van der Waals surface area (Å²) in [6, 6.07) is 12.0. The van der Waals surface area contributed by atoms with Gasteiger partial charge in [-0.25, -0.2) is 0 Å². The highest BCUT2D eigenvalue weighted by atomic mass is 35.5. The summed E-state index contributed by atoms with van der Waals surface area (Å²) in [5.74, 6) is 0.704. The molecule has 1 aliphatic rings. The van der Waals surface area contributed by atoms with Crippen molar-refractivity contribution in [2.45, 2.75) is 18.9 Å². The molecule has 1 unspecified atom stereocenters. The highest BCUT2D eigenvalue weighted by Gasteiger charge is 2.16. The summed E-state index contributed by atoms with van der Waals surface area (Å²) in [5.41, 5.74) is 0.438. The summed E-state index contributed by atoms with van der Waals surface area (Å²) < 4.78 is 12.9. The van der Waals surface area contributed by atoms with Gasteiger partial charge in [0.25, 0.3) is 5.56 Å². The van der Waals surface area contributed by atoms with Crippen LogP contribution in [0.1, 0.15) is 12.8 Å². The highest BCUT2D eigenvalue weighted by molar-refractivity contribution is 6.32. The van der Waals surface area contributed by atoms with Crippen LogP contribution < -0.4 is 10.3 Å². The van der Waals surface area contributed by atoms with Crippen molar-refractivity contribution in [1.82, 2.24) is 4.57 Å². The minimum atomic E-state index is -0.157. The van der Waals surface area contributed by atoms with Crippen LogP contribution in [-0.4, -0.2) is 29.0 Å². The van der Waals surface area contributed by atoms with E-state index >= 15 is 0 Å². The van der Waals surface area contributed by atoms with Crippen molar-refractivity contribution < 1.29 is 14.6 Å². The number of halogens is 1. The van der Waals surface area contributed by atoms with Crippen LogP contribution in [0.2, 0.25) is 5.02 Å². The molecule has 1 atom stereocenters. The number of hydrogen-bond acceptors (Lipinski definition) is 4. The molecule has 6 heteroatoms. The molecule has 26 heavy (non-hydrogen) atoms. The SMILES string of the molecule is O=c1c2ccc(OCC3CCCO3)cc2ccn1-c1ccc(O)c(Cl)c1. The summed E-state index contributed by atoms with van der Waals surface area (Å²) in [4.78, 5) is 12.8. The van der Waals surface area contributed by atoms with Gasteiger partial charge in [0.05, 0.1) is 16.8 Å². The van der Waals surface area contributed by atoms with Crippen LogP contribution in [0.5, 0.6) is 11.5 Å². The second-order valence-corrected chi connectivity index (χ2v) is 6.73. The zero-order chi connectivity index (χ0) is 18.1. The zero-order valence-corrected chi connectivity index (χ0v) is 14.8. The van der Waals surface area contributed by atoms with Gasteiger partial charge in [0.2, 0.25) is 0 Å². The first-order valence-corrected chi connectivity index (χ1v) is 8.88. The molecule has 1 saturated heterocycles.